The molecule has 0 aromatic carbocycles. The lowest BCUT2D eigenvalue weighted by atomic mass is 9.79. The number of rotatable bonds is 2. The number of aryl methyl sites for hydroxylation is 2. The number of hydrogen-bond acceptors (Lipinski definition) is 5. The standard InChI is InChI=1S/C19H30N4O3/c1-15-17(16(2)26-20-15)12-21-6-3-4-19(13-21)5-7-23(14-19)18(24)22-8-10-25-11-9-22/h3-14H2,1-2H3. The van der Waals surface area contributed by atoms with Gasteiger partial charge in [-0.25, -0.2) is 4.79 Å². The Kier molecular flexibility index (Phi) is 4.92. The molecule has 4 rings (SSSR count). The Morgan fingerprint density at radius 1 is 1.08 bits per heavy atom. The molecule has 3 saturated heterocycles. The predicted molar refractivity (Wildman–Crippen MR) is 96.9 cm³/mol. The summed E-state index contributed by atoms with van der Waals surface area (Å²) >= 11 is 0. The van der Waals surface area contributed by atoms with Crippen LogP contribution in [0, 0.1) is 19.3 Å². The quantitative estimate of drug-likeness (QED) is 0.806. The van der Waals surface area contributed by atoms with Crippen LogP contribution in [0.4, 0.5) is 4.79 Å². The number of aromatic nitrogens is 1. The van der Waals surface area contributed by atoms with Gasteiger partial charge in [-0.05, 0) is 39.7 Å². The van der Waals surface area contributed by atoms with E-state index in [1.807, 2.05) is 18.7 Å². The molecule has 3 aliphatic rings. The van der Waals surface area contributed by atoms with E-state index in [2.05, 4.69) is 15.0 Å². The van der Waals surface area contributed by atoms with Gasteiger partial charge < -0.3 is 19.1 Å². The zero-order valence-corrected chi connectivity index (χ0v) is 16.0. The predicted octanol–water partition coefficient (Wildman–Crippen LogP) is 2.03. The minimum absolute atomic E-state index is 0.202. The summed E-state index contributed by atoms with van der Waals surface area (Å²) in [6.45, 7) is 11.6. The minimum Gasteiger partial charge on any atom is -0.378 e. The van der Waals surface area contributed by atoms with Crippen molar-refractivity contribution in [2.75, 3.05) is 52.5 Å². The molecule has 0 N–H and O–H groups in total. The summed E-state index contributed by atoms with van der Waals surface area (Å²) in [6, 6.07) is 0.202. The second-order valence-corrected chi connectivity index (χ2v) is 8.17. The first kappa shape index (κ1) is 17.8. The zero-order chi connectivity index (χ0) is 18.1. The molecular formula is C19H30N4O3. The molecule has 1 spiro atoms. The maximum absolute atomic E-state index is 12.8. The van der Waals surface area contributed by atoms with Gasteiger partial charge in [-0.3, -0.25) is 4.90 Å². The molecule has 1 aromatic rings. The first-order chi connectivity index (χ1) is 12.6. The number of likely N-dealkylation sites (tertiary alicyclic amines) is 2. The van der Waals surface area contributed by atoms with Crippen molar-refractivity contribution in [3.63, 3.8) is 0 Å². The second kappa shape index (κ2) is 7.19. The lowest BCUT2D eigenvalue weighted by molar-refractivity contribution is 0.0418. The normalized spacial score (nSPS) is 27.5. The molecule has 0 bridgehead atoms. The first-order valence-corrected chi connectivity index (χ1v) is 9.82. The van der Waals surface area contributed by atoms with Gasteiger partial charge in [0.05, 0.1) is 18.9 Å². The molecule has 7 heteroatoms. The molecule has 2 amide bonds. The Bertz CT molecular complexity index is 636. The first-order valence-electron chi connectivity index (χ1n) is 9.82. The van der Waals surface area contributed by atoms with Crippen LogP contribution in [0.1, 0.15) is 36.3 Å². The Morgan fingerprint density at radius 2 is 1.88 bits per heavy atom. The van der Waals surface area contributed by atoms with Crippen LogP contribution in [0.2, 0.25) is 0 Å². The van der Waals surface area contributed by atoms with Gasteiger partial charge in [-0.2, -0.15) is 0 Å². The maximum atomic E-state index is 12.8. The van der Waals surface area contributed by atoms with Gasteiger partial charge in [0.25, 0.3) is 0 Å². The van der Waals surface area contributed by atoms with Crippen molar-refractivity contribution in [1.29, 1.82) is 0 Å². The molecule has 144 valence electrons. The second-order valence-electron chi connectivity index (χ2n) is 8.17. The van der Waals surface area contributed by atoms with Crippen LogP contribution in [0.3, 0.4) is 0 Å². The number of hydrogen-bond donors (Lipinski definition) is 0. The summed E-state index contributed by atoms with van der Waals surface area (Å²) in [6.07, 6.45) is 3.53. The Hall–Kier alpha value is -1.60. The average molecular weight is 362 g/mol. The van der Waals surface area contributed by atoms with Gasteiger partial charge in [-0.15, -0.1) is 0 Å². The number of carbonyl (C=O) groups excluding carboxylic acids is 1. The van der Waals surface area contributed by atoms with E-state index in [0.29, 0.717) is 13.2 Å². The number of urea groups is 1. The number of ether oxygens (including phenoxy) is 1. The van der Waals surface area contributed by atoms with E-state index < -0.39 is 0 Å². The van der Waals surface area contributed by atoms with Crippen LogP contribution in [0.25, 0.3) is 0 Å². The SMILES string of the molecule is Cc1noc(C)c1CN1CCCC2(CCN(C(=O)N3CCOCC3)C2)C1. The monoisotopic (exact) mass is 362 g/mol. The summed E-state index contributed by atoms with van der Waals surface area (Å²) in [5.41, 5.74) is 2.47. The maximum Gasteiger partial charge on any atom is 0.320 e. The lowest BCUT2D eigenvalue weighted by Gasteiger charge is -2.40. The van der Waals surface area contributed by atoms with Crippen LogP contribution >= 0.6 is 0 Å². The van der Waals surface area contributed by atoms with Crippen LogP contribution < -0.4 is 0 Å². The molecule has 0 saturated carbocycles. The minimum atomic E-state index is 0.202. The summed E-state index contributed by atoms with van der Waals surface area (Å²) in [7, 11) is 0. The smallest absolute Gasteiger partial charge is 0.320 e. The van der Waals surface area contributed by atoms with E-state index in [1.165, 1.54) is 18.4 Å². The number of piperidine rings is 1. The van der Waals surface area contributed by atoms with Crippen molar-refractivity contribution < 1.29 is 14.1 Å². The third kappa shape index (κ3) is 3.47. The Balaban J connectivity index is 1.38. The molecule has 0 radical (unpaired) electrons. The van der Waals surface area contributed by atoms with E-state index in [1.54, 1.807) is 0 Å². The van der Waals surface area contributed by atoms with E-state index in [9.17, 15) is 4.79 Å². The van der Waals surface area contributed by atoms with Crippen molar-refractivity contribution in [2.45, 2.75) is 39.7 Å². The van der Waals surface area contributed by atoms with E-state index in [-0.39, 0.29) is 11.4 Å². The number of carbonyl (C=O) groups is 1. The van der Waals surface area contributed by atoms with Crippen LogP contribution in [0.15, 0.2) is 4.52 Å². The number of nitrogens with zero attached hydrogens (tertiary/aromatic N) is 4. The lowest BCUT2D eigenvalue weighted by Crippen LogP contribution is -2.49. The molecule has 3 fully saturated rings. The third-order valence-electron chi connectivity index (χ3n) is 6.29. The van der Waals surface area contributed by atoms with E-state index in [0.717, 1.165) is 63.7 Å². The molecular weight excluding hydrogens is 332 g/mol. The van der Waals surface area contributed by atoms with Gasteiger partial charge in [0.15, 0.2) is 0 Å². The Morgan fingerprint density at radius 3 is 2.62 bits per heavy atom. The number of amides is 2. The van der Waals surface area contributed by atoms with Crippen molar-refractivity contribution in [2.24, 2.45) is 5.41 Å². The summed E-state index contributed by atoms with van der Waals surface area (Å²) in [5, 5.41) is 4.09. The molecule has 1 unspecified atom stereocenters. The molecule has 26 heavy (non-hydrogen) atoms. The van der Waals surface area contributed by atoms with Crippen molar-refractivity contribution in [3.05, 3.63) is 17.0 Å². The van der Waals surface area contributed by atoms with Gasteiger partial charge in [0.2, 0.25) is 0 Å². The zero-order valence-electron chi connectivity index (χ0n) is 16.0. The highest BCUT2D eigenvalue weighted by Crippen LogP contribution is 2.40. The molecule has 1 aromatic heterocycles. The average Bonchev–Trinajstić information content (AvgIpc) is 3.20. The topological polar surface area (TPSA) is 62.1 Å². The van der Waals surface area contributed by atoms with Gasteiger partial charge >= 0.3 is 6.03 Å². The highest BCUT2D eigenvalue weighted by Gasteiger charge is 2.43. The molecule has 7 nitrogen and oxygen atoms in total. The molecule has 1 atom stereocenters. The fourth-order valence-electron chi connectivity index (χ4n) is 4.78. The third-order valence-corrected chi connectivity index (χ3v) is 6.29. The largest absolute Gasteiger partial charge is 0.378 e. The fourth-order valence-corrected chi connectivity index (χ4v) is 4.78. The highest BCUT2D eigenvalue weighted by atomic mass is 16.5. The van der Waals surface area contributed by atoms with Crippen LogP contribution in [-0.4, -0.2) is 78.4 Å². The summed E-state index contributed by atoms with van der Waals surface area (Å²) in [5.74, 6) is 0.928. The number of morpholine rings is 1. The fraction of sp³-hybridized carbons (Fsp3) is 0.789. The Labute approximate surface area is 155 Å². The van der Waals surface area contributed by atoms with Gasteiger partial charge in [0, 0.05) is 50.2 Å². The van der Waals surface area contributed by atoms with Crippen molar-refractivity contribution in [1.82, 2.24) is 19.9 Å². The van der Waals surface area contributed by atoms with Gasteiger partial charge in [-0.1, -0.05) is 5.16 Å². The molecule has 3 aliphatic heterocycles. The van der Waals surface area contributed by atoms with Crippen molar-refractivity contribution in [3.8, 4) is 0 Å². The summed E-state index contributed by atoms with van der Waals surface area (Å²) < 4.78 is 10.7. The highest BCUT2D eigenvalue weighted by molar-refractivity contribution is 5.75. The van der Waals surface area contributed by atoms with E-state index in [4.69, 9.17) is 9.26 Å². The molecule has 4 heterocycles. The summed E-state index contributed by atoms with van der Waals surface area (Å²) in [4.78, 5) is 19.4. The molecule has 0 aliphatic carbocycles. The van der Waals surface area contributed by atoms with Crippen molar-refractivity contribution >= 4 is 6.03 Å². The van der Waals surface area contributed by atoms with E-state index >= 15 is 0 Å². The van der Waals surface area contributed by atoms with Crippen LogP contribution in [-0.2, 0) is 11.3 Å². The van der Waals surface area contributed by atoms with Gasteiger partial charge in [0.1, 0.15) is 5.76 Å². The van der Waals surface area contributed by atoms with Crippen LogP contribution in [0.5, 0.6) is 0 Å².